The topological polar surface area (TPSA) is 150 Å². The molecule has 0 aliphatic heterocycles. The van der Waals surface area contributed by atoms with Gasteiger partial charge < -0.3 is 33.6 Å². The Hall–Kier alpha value is -4.89. The van der Waals surface area contributed by atoms with Crippen molar-refractivity contribution in [2.75, 3.05) is 20.6 Å². The lowest BCUT2D eigenvalue weighted by molar-refractivity contribution is -0.140. The van der Waals surface area contributed by atoms with Crippen LogP contribution in [0.2, 0.25) is 18.1 Å². The highest BCUT2D eigenvalue weighted by Crippen LogP contribution is 2.59. The maximum atomic E-state index is 17.1. The molecule has 1 heterocycles. The molecule has 1 aromatic heterocycles. The lowest BCUT2D eigenvalue weighted by atomic mass is 9.57. The average molecular weight is 842 g/mol. The summed E-state index contributed by atoms with van der Waals surface area (Å²) in [6.45, 7) is 18.2. The predicted octanol–water partition coefficient (Wildman–Crippen LogP) is 9.26. The van der Waals surface area contributed by atoms with Crippen LogP contribution >= 0.6 is 0 Å². The fraction of sp³-hybridized carbons (Fsp3) is 0.478. The number of aliphatic hydroxyl groups is 1. The van der Waals surface area contributed by atoms with Crippen molar-refractivity contribution in [3.05, 3.63) is 93.5 Å². The normalized spacial score (nSPS) is 21.7. The minimum atomic E-state index is -3.02. The van der Waals surface area contributed by atoms with Gasteiger partial charge in [-0.2, -0.15) is 0 Å². The minimum Gasteiger partial charge on any atom is -0.507 e. The zero-order valence-corrected chi connectivity index (χ0v) is 37.4. The van der Waals surface area contributed by atoms with E-state index in [4.69, 9.17) is 23.2 Å². The van der Waals surface area contributed by atoms with Crippen molar-refractivity contribution in [1.29, 1.82) is 0 Å². The van der Waals surface area contributed by atoms with E-state index in [0.29, 0.717) is 13.1 Å². The van der Waals surface area contributed by atoms with Gasteiger partial charge >= 0.3 is 6.16 Å². The molecule has 2 N–H and O–H groups in total. The minimum absolute atomic E-state index is 0.00175. The third-order valence-corrected chi connectivity index (χ3v) is 16.8. The van der Waals surface area contributed by atoms with Gasteiger partial charge in [0.2, 0.25) is 11.6 Å². The monoisotopic (exact) mass is 841 g/mol. The van der Waals surface area contributed by atoms with E-state index in [1.165, 1.54) is 0 Å². The average Bonchev–Trinajstić information content (AvgIpc) is 3.58. The number of ether oxygens (including phenoxy) is 3. The van der Waals surface area contributed by atoms with Gasteiger partial charge in [-0.05, 0) is 101 Å². The number of nitrogens with zero attached hydrogens (tertiary/aromatic N) is 2. The summed E-state index contributed by atoms with van der Waals surface area (Å²) < 4.78 is 47.9. The largest absolute Gasteiger partial charge is 0.514 e. The summed E-state index contributed by atoms with van der Waals surface area (Å²) in [6, 6.07) is 13.8. The highest BCUT2D eigenvalue weighted by atomic mass is 28.4. The Bertz CT molecular complexity index is 2400. The van der Waals surface area contributed by atoms with E-state index >= 15 is 14.0 Å². The van der Waals surface area contributed by atoms with E-state index in [-0.39, 0.29) is 69.9 Å². The summed E-state index contributed by atoms with van der Waals surface area (Å²) in [4.78, 5) is 46.8. The van der Waals surface area contributed by atoms with Gasteiger partial charge in [0.05, 0.1) is 11.6 Å². The molecule has 0 saturated heterocycles. The molecule has 14 heteroatoms. The molecule has 1 fully saturated rings. The van der Waals surface area contributed by atoms with Crippen molar-refractivity contribution in [1.82, 2.24) is 15.4 Å². The fourth-order valence-electron chi connectivity index (χ4n) is 8.64. The number of carbonyl (C=O) groups excluding carboxylic acids is 3. The first-order valence-electron chi connectivity index (χ1n) is 20.6. The molecular weight excluding hydrogens is 786 g/mol. The van der Waals surface area contributed by atoms with Crippen LogP contribution in [0.3, 0.4) is 0 Å². The molecule has 3 aliphatic carbocycles. The molecule has 0 amide bonds. The van der Waals surface area contributed by atoms with Crippen molar-refractivity contribution in [3.63, 3.8) is 0 Å². The van der Waals surface area contributed by atoms with Crippen LogP contribution in [0.5, 0.6) is 11.6 Å². The second-order valence-corrected chi connectivity index (χ2v) is 23.6. The van der Waals surface area contributed by atoms with Crippen molar-refractivity contribution in [2.24, 2.45) is 11.8 Å². The van der Waals surface area contributed by atoms with E-state index in [1.807, 2.05) is 90.1 Å². The molecule has 1 saturated carbocycles. The Morgan fingerprint density at radius 2 is 1.72 bits per heavy atom. The van der Waals surface area contributed by atoms with Gasteiger partial charge in [0, 0.05) is 34.4 Å². The first kappa shape index (κ1) is 43.2. The van der Waals surface area contributed by atoms with Crippen molar-refractivity contribution in [3.8, 4) is 11.6 Å². The molecule has 12 nitrogen and oxygen atoms in total. The fourth-order valence-corrected chi connectivity index (χ4v) is 10.1. The van der Waals surface area contributed by atoms with Gasteiger partial charge in [-0.3, -0.25) is 14.5 Å². The molecule has 3 aromatic carbocycles. The lowest BCUT2D eigenvalue weighted by Gasteiger charge is -2.55. The Kier molecular flexibility index (Phi) is 11.2. The van der Waals surface area contributed by atoms with E-state index in [1.54, 1.807) is 39.0 Å². The number of hydrogen-bond acceptors (Lipinski definition) is 12. The smallest absolute Gasteiger partial charge is 0.507 e. The second kappa shape index (κ2) is 15.5. The van der Waals surface area contributed by atoms with Gasteiger partial charge in [0.1, 0.15) is 29.3 Å². The van der Waals surface area contributed by atoms with E-state index < -0.39 is 71.7 Å². The van der Waals surface area contributed by atoms with Crippen LogP contribution in [0.4, 0.5) is 9.18 Å². The van der Waals surface area contributed by atoms with Gasteiger partial charge in [0.15, 0.2) is 25.4 Å². The number of hydrogen-bond donors (Lipinski definition) is 2. The van der Waals surface area contributed by atoms with Gasteiger partial charge in [-0.15, -0.1) is 0 Å². The number of fused-ring (bicyclic) bond motifs is 5. The number of ketones is 2. The summed E-state index contributed by atoms with van der Waals surface area (Å²) in [5.74, 6) is -4.18. The predicted molar refractivity (Wildman–Crippen MR) is 227 cm³/mol. The number of Topliss-reactive ketones (excluding diaryl/α,β-unsaturated/α-hetero) is 2. The zero-order chi connectivity index (χ0) is 43.7. The summed E-state index contributed by atoms with van der Waals surface area (Å²) in [7, 11) is 0.631. The summed E-state index contributed by atoms with van der Waals surface area (Å²) in [6.07, 6.45) is -0.973. The number of carbonyl (C=O) groups is 3. The maximum Gasteiger partial charge on any atom is 0.514 e. The Balaban J connectivity index is 1.47. The van der Waals surface area contributed by atoms with E-state index in [9.17, 15) is 9.90 Å². The molecule has 7 rings (SSSR count). The standard InChI is InChI=1S/C46H56FN3O9Si/c1-12-48-23-26-18-19-28-29(20-26)38(56-43(54)57-44(2,3)4)33-30(35(28)47)21-27-22-31-36(50(8)9)39-34(42(49-58-39)55-24-25-16-14-13-15-17-25)41(53)46(31,40(52)32(27)37(33)51)59-60(10,11)45(5,6)7/h13-20,27,31,36,48,51H,12,21-24H2,1-11H3/t27-,31-,36-,46-/m0/s1. The Morgan fingerprint density at radius 3 is 2.35 bits per heavy atom. The molecule has 60 heavy (non-hydrogen) atoms. The van der Waals surface area contributed by atoms with Gasteiger partial charge in [0.25, 0.3) is 5.88 Å². The molecule has 0 bridgehead atoms. The first-order chi connectivity index (χ1) is 28.1. The Morgan fingerprint density at radius 1 is 1.02 bits per heavy atom. The van der Waals surface area contributed by atoms with E-state index in [0.717, 1.165) is 11.1 Å². The van der Waals surface area contributed by atoms with Crippen LogP contribution in [0, 0.1) is 17.7 Å². The maximum absolute atomic E-state index is 17.1. The van der Waals surface area contributed by atoms with Crippen molar-refractivity contribution in [2.45, 2.75) is 110 Å². The second-order valence-electron chi connectivity index (χ2n) is 18.9. The number of nitrogens with one attached hydrogen (secondary N) is 1. The van der Waals surface area contributed by atoms with Crippen LogP contribution in [0.15, 0.2) is 58.6 Å². The molecule has 0 unspecified atom stereocenters. The van der Waals surface area contributed by atoms with Crippen LogP contribution in [-0.2, 0) is 33.5 Å². The van der Waals surface area contributed by atoms with Crippen molar-refractivity contribution >= 4 is 42.6 Å². The third-order valence-electron chi connectivity index (χ3n) is 12.4. The van der Waals surface area contributed by atoms with E-state index in [2.05, 4.69) is 10.5 Å². The molecule has 3 aliphatic rings. The summed E-state index contributed by atoms with van der Waals surface area (Å²) in [5, 5.41) is 20.0. The quantitative estimate of drug-likeness (QED) is 0.0678. The number of aliphatic hydroxyl groups excluding tert-OH is 1. The summed E-state index contributed by atoms with van der Waals surface area (Å²) in [5.41, 5.74) is -1.65. The molecule has 4 atom stereocenters. The van der Waals surface area contributed by atoms with Gasteiger partial charge in [-0.25, -0.2) is 9.18 Å². The van der Waals surface area contributed by atoms with Crippen LogP contribution in [0.25, 0.3) is 16.5 Å². The molecule has 0 radical (unpaired) electrons. The number of benzene rings is 3. The van der Waals surface area contributed by atoms with Gasteiger partial charge in [-0.1, -0.05) is 70.2 Å². The summed E-state index contributed by atoms with van der Waals surface area (Å²) >= 11 is 0. The SMILES string of the molecule is CCNCc1ccc2c(F)c3c(c(OC(=O)OC(C)(C)C)c2c1)C(O)=C1C(=O)[C@]2(O[Si](C)(C)C(C)(C)C)C(=O)c4c(OCc5ccccc5)noc4[C@@H](N(C)C)[C@@H]2C[C@@H]1C3. The Labute approximate surface area is 351 Å². The molecule has 0 spiro atoms. The number of halogens is 1. The lowest BCUT2D eigenvalue weighted by Crippen LogP contribution is -2.68. The van der Waals surface area contributed by atoms with Crippen LogP contribution < -0.4 is 14.8 Å². The zero-order valence-electron chi connectivity index (χ0n) is 36.4. The van der Waals surface area contributed by atoms with Crippen LogP contribution in [0.1, 0.15) is 99.3 Å². The highest BCUT2D eigenvalue weighted by molar-refractivity contribution is 6.74. The number of rotatable bonds is 10. The molecule has 320 valence electrons. The van der Waals surface area contributed by atoms with Crippen molar-refractivity contribution < 1.29 is 47.0 Å². The van der Waals surface area contributed by atoms with Crippen LogP contribution in [-0.4, -0.2) is 73.0 Å². The third kappa shape index (κ3) is 7.35. The first-order valence-corrected chi connectivity index (χ1v) is 23.5. The highest BCUT2D eigenvalue weighted by Gasteiger charge is 2.69. The molecule has 4 aromatic rings. The molecular formula is C46H56FN3O9Si. The number of aromatic nitrogens is 1.